The molecule has 8 heteroatoms. The molecular weight excluding hydrogens is 485 g/mol. The molecule has 0 radical (unpaired) electrons. The Morgan fingerprint density at radius 1 is 0.974 bits per heavy atom. The molecule has 0 bridgehead atoms. The fraction of sp³-hybridized carbons (Fsp3) is 0.200. The normalized spacial score (nSPS) is 10.7. The highest BCUT2D eigenvalue weighted by Gasteiger charge is 2.24. The number of nitrogens with one attached hydrogen (secondary N) is 2. The zero-order chi connectivity index (χ0) is 27.4. The van der Waals surface area contributed by atoms with Gasteiger partial charge in [0.15, 0.2) is 0 Å². The summed E-state index contributed by atoms with van der Waals surface area (Å²) in [6, 6.07) is 18.8. The number of benzene rings is 3. The summed E-state index contributed by atoms with van der Waals surface area (Å²) in [5, 5.41) is 5.85. The van der Waals surface area contributed by atoms with Crippen LogP contribution >= 0.6 is 0 Å². The van der Waals surface area contributed by atoms with Gasteiger partial charge in [-0.15, -0.1) is 0 Å². The maximum atomic E-state index is 14.8. The van der Waals surface area contributed by atoms with E-state index in [0.29, 0.717) is 11.5 Å². The van der Waals surface area contributed by atoms with Gasteiger partial charge in [-0.05, 0) is 73.4 Å². The van der Waals surface area contributed by atoms with Crippen LogP contribution in [0.2, 0.25) is 0 Å². The summed E-state index contributed by atoms with van der Waals surface area (Å²) in [6.07, 6.45) is 0. The Morgan fingerprint density at radius 3 is 2.39 bits per heavy atom. The van der Waals surface area contributed by atoms with Crippen molar-refractivity contribution in [2.24, 2.45) is 7.05 Å². The van der Waals surface area contributed by atoms with Crippen LogP contribution in [-0.2, 0) is 13.6 Å². The molecule has 7 nitrogen and oxygen atoms in total. The largest absolute Gasteiger partial charge is 0.497 e. The molecule has 0 saturated carbocycles. The van der Waals surface area contributed by atoms with Gasteiger partial charge in [-0.25, -0.2) is 4.39 Å². The maximum Gasteiger partial charge on any atom is 0.259 e. The van der Waals surface area contributed by atoms with Gasteiger partial charge in [-0.2, -0.15) is 0 Å². The summed E-state index contributed by atoms with van der Waals surface area (Å²) in [6.45, 7) is 5.84. The molecule has 4 aromatic rings. The van der Waals surface area contributed by atoms with E-state index in [-0.39, 0.29) is 29.4 Å². The zero-order valence-corrected chi connectivity index (χ0v) is 22.0. The molecule has 4 rings (SSSR count). The number of aromatic nitrogens is 1. The Bertz CT molecular complexity index is 1540. The summed E-state index contributed by atoms with van der Waals surface area (Å²) in [5.41, 5.74) is 3.23. The average molecular weight is 516 g/mol. The minimum Gasteiger partial charge on any atom is -0.497 e. The second-order valence-electron chi connectivity index (χ2n) is 9.07. The Morgan fingerprint density at radius 2 is 1.71 bits per heavy atom. The molecule has 0 fully saturated rings. The molecule has 0 saturated heterocycles. The number of carbonyl (C=O) groups excluding carboxylic acids is 1. The van der Waals surface area contributed by atoms with E-state index in [0.717, 1.165) is 22.3 Å². The third kappa shape index (κ3) is 5.70. The second kappa shape index (κ2) is 11.2. The Balaban J connectivity index is 1.79. The van der Waals surface area contributed by atoms with Crippen LogP contribution in [-0.4, -0.2) is 17.6 Å². The van der Waals surface area contributed by atoms with Crippen molar-refractivity contribution in [1.82, 2.24) is 9.88 Å². The molecular formula is C30H30FN3O4. The van der Waals surface area contributed by atoms with Gasteiger partial charge in [0.25, 0.3) is 11.5 Å². The molecule has 1 heterocycles. The lowest BCUT2D eigenvalue weighted by atomic mass is 10.1. The molecule has 0 spiro atoms. The number of aryl methyl sites for hydroxylation is 2. The fourth-order valence-electron chi connectivity index (χ4n) is 3.94. The van der Waals surface area contributed by atoms with Gasteiger partial charge < -0.3 is 20.1 Å². The topological polar surface area (TPSA) is 81.6 Å². The lowest BCUT2D eigenvalue weighted by molar-refractivity contribution is 0.0948. The molecule has 1 amide bonds. The molecule has 1 aromatic heterocycles. The van der Waals surface area contributed by atoms with Crippen molar-refractivity contribution in [3.63, 3.8) is 0 Å². The first-order chi connectivity index (χ1) is 18.2. The van der Waals surface area contributed by atoms with E-state index in [1.165, 1.54) is 23.7 Å². The molecule has 196 valence electrons. The number of rotatable bonds is 8. The number of hydrogen-bond donors (Lipinski definition) is 2. The van der Waals surface area contributed by atoms with E-state index in [1.54, 1.807) is 44.4 Å². The van der Waals surface area contributed by atoms with Crippen LogP contribution in [0.3, 0.4) is 0 Å². The third-order valence-electron chi connectivity index (χ3n) is 6.40. The number of methoxy groups -OCH3 is 1. The summed E-state index contributed by atoms with van der Waals surface area (Å²) in [4.78, 5) is 26.6. The minimum absolute atomic E-state index is 0.0593. The van der Waals surface area contributed by atoms with Crippen LogP contribution in [0.25, 0.3) is 0 Å². The highest BCUT2D eigenvalue weighted by Crippen LogP contribution is 2.33. The number of halogens is 1. The van der Waals surface area contributed by atoms with Gasteiger partial charge in [0.1, 0.15) is 34.4 Å². The van der Waals surface area contributed by atoms with E-state index in [1.807, 2.05) is 38.1 Å². The van der Waals surface area contributed by atoms with Crippen LogP contribution in [0.15, 0.2) is 71.5 Å². The van der Waals surface area contributed by atoms with Gasteiger partial charge in [-0.3, -0.25) is 14.2 Å². The number of anilines is 2. The van der Waals surface area contributed by atoms with Gasteiger partial charge in [0.2, 0.25) is 0 Å². The van der Waals surface area contributed by atoms with Crippen LogP contribution in [0.5, 0.6) is 17.2 Å². The van der Waals surface area contributed by atoms with Gasteiger partial charge >= 0.3 is 0 Å². The lowest BCUT2D eigenvalue weighted by Gasteiger charge is -2.20. The summed E-state index contributed by atoms with van der Waals surface area (Å²) < 4.78 is 27.4. The lowest BCUT2D eigenvalue weighted by Crippen LogP contribution is -2.29. The molecule has 38 heavy (non-hydrogen) atoms. The second-order valence-corrected chi connectivity index (χ2v) is 9.07. The first-order valence-electron chi connectivity index (χ1n) is 12.1. The fourth-order valence-corrected chi connectivity index (χ4v) is 3.94. The van der Waals surface area contributed by atoms with Crippen molar-refractivity contribution in [2.45, 2.75) is 27.3 Å². The van der Waals surface area contributed by atoms with E-state index in [2.05, 4.69) is 10.6 Å². The monoisotopic (exact) mass is 515 g/mol. The van der Waals surface area contributed by atoms with Crippen LogP contribution in [0.4, 0.5) is 15.9 Å². The summed E-state index contributed by atoms with van der Waals surface area (Å²) in [7, 11) is 3.10. The Kier molecular flexibility index (Phi) is 7.81. The predicted octanol–water partition coefficient (Wildman–Crippen LogP) is 5.92. The SMILES string of the molecule is COc1ccc(CNC(=O)c2c(Oc3cccc(C)c3C)cc(=O)n(C)c2Nc2ccc(C)cc2F)cc1. The first kappa shape index (κ1) is 26.5. The minimum atomic E-state index is -0.511. The smallest absolute Gasteiger partial charge is 0.259 e. The summed E-state index contributed by atoms with van der Waals surface area (Å²) in [5.74, 6) is 0.371. The van der Waals surface area contributed by atoms with Crippen molar-refractivity contribution in [3.05, 3.63) is 111 Å². The highest BCUT2D eigenvalue weighted by atomic mass is 19.1. The van der Waals surface area contributed by atoms with E-state index in [4.69, 9.17) is 9.47 Å². The molecule has 0 aliphatic rings. The Hall–Kier alpha value is -4.59. The van der Waals surface area contributed by atoms with Gasteiger partial charge in [0.05, 0.1) is 12.8 Å². The number of ether oxygens (including phenoxy) is 2. The number of amides is 1. The standard InChI is InChI=1S/C30H30FN3O4/c1-18-9-14-24(23(31)15-18)33-29-28(30(36)32-17-21-10-12-22(37-5)13-11-21)26(16-27(35)34(29)4)38-25-8-6-7-19(2)20(25)3/h6-16,33H,17H2,1-5H3,(H,32,36). The number of pyridine rings is 1. The molecule has 3 aromatic carbocycles. The van der Waals surface area contributed by atoms with Crippen LogP contribution < -0.4 is 25.7 Å². The third-order valence-corrected chi connectivity index (χ3v) is 6.40. The average Bonchev–Trinajstić information content (AvgIpc) is 2.90. The van der Waals surface area contributed by atoms with E-state index >= 15 is 0 Å². The summed E-state index contributed by atoms with van der Waals surface area (Å²) >= 11 is 0. The molecule has 2 N–H and O–H groups in total. The van der Waals surface area contributed by atoms with Crippen molar-refractivity contribution in [3.8, 4) is 17.2 Å². The van der Waals surface area contributed by atoms with E-state index in [9.17, 15) is 14.0 Å². The maximum absolute atomic E-state index is 14.8. The van der Waals surface area contributed by atoms with Crippen LogP contribution in [0, 0.1) is 26.6 Å². The number of hydrogen-bond acceptors (Lipinski definition) is 5. The number of carbonyl (C=O) groups is 1. The van der Waals surface area contributed by atoms with Gasteiger partial charge in [0, 0.05) is 19.7 Å². The molecule has 0 aliphatic carbocycles. The zero-order valence-electron chi connectivity index (χ0n) is 22.0. The number of nitrogens with zero attached hydrogens (tertiary/aromatic N) is 1. The van der Waals surface area contributed by atoms with Crippen molar-refractivity contribution in [1.29, 1.82) is 0 Å². The van der Waals surface area contributed by atoms with Crippen molar-refractivity contribution >= 4 is 17.4 Å². The van der Waals surface area contributed by atoms with Gasteiger partial charge in [-0.1, -0.05) is 30.3 Å². The van der Waals surface area contributed by atoms with Crippen molar-refractivity contribution in [2.75, 3.05) is 12.4 Å². The van der Waals surface area contributed by atoms with Crippen molar-refractivity contribution < 1.29 is 18.7 Å². The van der Waals surface area contributed by atoms with E-state index < -0.39 is 17.3 Å². The Labute approximate surface area is 220 Å². The molecule has 0 unspecified atom stereocenters. The van der Waals surface area contributed by atoms with Crippen LogP contribution in [0.1, 0.15) is 32.6 Å². The molecule has 0 aliphatic heterocycles. The molecule has 0 atom stereocenters. The highest BCUT2D eigenvalue weighted by molar-refractivity contribution is 6.02. The predicted molar refractivity (Wildman–Crippen MR) is 146 cm³/mol. The quantitative estimate of drug-likeness (QED) is 0.304. The first-order valence-corrected chi connectivity index (χ1v) is 12.1.